The van der Waals surface area contributed by atoms with E-state index in [9.17, 15) is 18.8 Å². The SMILES string of the molecule is CC(C)(C)C(NC(=O)C1(F)CC1)C(=O)N1CCCC1C=O.CCC(NC)c1ccc(-c2scnc2C)cc1. The van der Waals surface area contributed by atoms with E-state index in [1.165, 1.54) is 20.9 Å². The third-order valence-corrected chi connectivity index (χ3v) is 8.28. The Kier molecular flexibility index (Phi) is 9.81. The number of aryl methyl sites for hydroxylation is 1. The molecule has 1 saturated carbocycles. The molecule has 2 heterocycles. The number of alkyl halides is 1. The predicted molar refractivity (Wildman–Crippen MR) is 150 cm³/mol. The fourth-order valence-electron chi connectivity index (χ4n) is 4.67. The smallest absolute Gasteiger partial charge is 0.258 e. The first-order chi connectivity index (χ1) is 17.9. The van der Waals surface area contributed by atoms with Crippen LogP contribution in [0.15, 0.2) is 29.8 Å². The van der Waals surface area contributed by atoms with Gasteiger partial charge in [-0.25, -0.2) is 9.37 Å². The van der Waals surface area contributed by atoms with Crippen molar-refractivity contribution in [3.63, 3.8) is 0 Å². The van der Waals surface area contributed by atoms with Gasteiger partial charge in [0.05, 0.1) is 22.1 Å². The van der Waals surface area contributed by atoms with E-state index in [0.29, 0.717) is 19.0 Å². The first-order valence-corrected chi connectivity index (χ1v) is 14.3. The molecule has 2 aliphatic rings. The molecule has 208 valence electrons. The van der Waals surface area contributed by atoms with Crippen molar-refractivity contribution < 1.29 is 18.8 Å². The molecule has 1 aliphatic heterocycles. The quantitative estimate of drug-likeness (QED) is 0.457. The number of halogens is 1. The number of aromatic nitrogens is 1. The molecule has 0 spiro atoms. The zero-order valence-corrected chi connectivity index (χ0v) is 24.2. The molecule has 3 atom stereocenters. The molecule has 2 fully saturated rings. The second-order valence-electron chi connectivity index (χ2n) is 11.3. The number of likely N-dealkylation sites (tertiary alicyclic amines) is 1. The standard InChI is InChI=1S/C15H23FN2O3.C14H18N2S/c1-14(2,3)11(17-13(21)15(16)6-7-15)12(20)18-8-4-5-10(18)9-19;1-4-13(15-3)11-5-7-12(8-6-11)14-10(2)16-9-17-14/h9-11H,4-8H2,1-3H3,(H,17,21);5-9,13,15H,4H2,1-3H3. The van der Waals surface area contributed by atoms with Gasteiger partial charge < -0.3 is 20.3 Å². The maximum atomic E-state index is 13.8. The lowest BCUT2D eigenvalue weighted by Gasteiger charge is -2.35. The fourth-order valence-corrected chi connectivity index (χ4v) is 5.48. The number of nitrogens with one attached hydrogen (secondary N) is 2. The van der Waals surface area contributed by atoms with Crippen LogP contribution in [-0.2, 0) is 14.4 Å². The summed E-state index contributed by atoms with van der Waals surface area (Å²) in [5, 5.41) is 5.88. The van der Waals surface area contributed by atoms with Gasteiger partial charge >= 0.3 is 0 Å². The number of amides is 2. The largest absolute Gasteiger partial charge is 0.341 e. The highest BCUT2D eigenvalue weighted by Gasteiger charge is 2.53. The third kappa shape index (κ3) is 7.05. The average molecular weight is 545 g/mol. The Morgan fingerprint density at radius 2 is 1.92 bits per heavy atom. The molecule has 2 N–H and O–H groups in total. The van der Waals surface area contributed by atoms with E-state index >= 15 is 0 Å². The van der Waals surface area contributed by atoms with Crippen molar-refractivity contribution in [2.75, 3.05) is 13.6 Å². The number of hydrogen-bond donors (Lipinski definition) is 2. The molecule has 2 amide bonds. The molecule has 9 heteroatoms. The molecule has 1 aromatic heterocycles. The lowest BCUT2D eigenvalue weighted by molar-refractivity contribution is -0.142. The van der Waals surface area contributed by atoms with Crippen molar-refractivity contribution in [1.82, 2.24) is 20.5 Å². The zero-order valence-electron chi connectivity index (χ0n) is 23.3. The van der Waals surface area contributed by atoms with E-state index in [1.807, 2.05) is 33.3 Å². The summed E-state index contributed by atoms with van der Waals surface area (Å²) in [6.45, 7) is 10.2. The van der Waals surface area contributed by atoms with Gasteiger partial charge in [0.25, 0.3) is 5.91 Å². The summed E-state index contributed by atoms with van der Waals surface area (Å²) in [5.74, 6) is -1.01. The topological polar surface area (TPSA) is 91.4 Å². The van der Waals surface area contributed by atoms with Crippen molar-refractivity contribution >= 4 is 29.4 Å². The Morgan fingerprint density at radius 3 is 2.39 bits per heavy atom. The number of nitrogens with zero attached hydrogens (tertiary/aromatic N) is 2. The minimum Gasteiger partial charge on any atom is -0.341 e. The van der Waals surface area contributed by atoms with Gasteiger partial charge in [-0.2, -0.15) is 0 Å². The molecular formula is C29H41FN4O3S. The van der Waals surface area contributed by atoms with Crippen molar-refractivity contribution in [2.45, 2.75) is 90.5 Å². The molecule has 1 aliphatic carbocycles. The Labute approximate surface area is 229 Å². The van der Waals surface area contributed by atoms with Gasteiger partial charge in [-0.15, -0.1) is 11.3 Å². The lowest BCUT2D eigenvalue weighted by atomic mass is 9.85. The lowest BCUT2D eigenvalue weighted by Crippen LogP contribution is -2.57. The highest BCUT2D eigenvalue weighted by atomic mass is 32.1. The number of carbonyl (C=O) groups is 3. The fraction of sp³-hybridized carbons (Fsp3) is 0.586. The molecule has 7 nitrogen and oxygen atoms in total. The van der Waals surface area contributed by atoms with E-state index in [0.717, 1.165) is 24.8 Å². The Bertz CT molecular complexity index is 1100. The van der Waals surface area contributed by atoms with Crippen LogP contribution in [0.3, 0.4) is 0 Å². The summed E-state index contributed by atoms with van der Waals surface area (Å²) in [5.41, 5.74) is 3.28. The van der Waals surface area contributed by atoms with Crippen molar-refractivity contribution in [3.8, 4) is 10.4 Å². The Hall–Kier alpha value is -2.65. The number of benzene rings is 1. The second kappa shape index (κ2) is 12.5. The van der Waals surface area contributed by atoms with Crippen molar-refractivity contribution in [3.05, 3.63) is 41.0 Å². The Balaban J connectivity index is 0.000000215. The van der Waals surface area contributed by atoms with E-state index in [2.05, 4.69) is 53.7 Å². The van der Waals surface area contributed by atoms with E-state index in [1.54, 1.807) is 11.3 Å². The summed E-state index contributed by atoms with van der Waals surface area (Å²) in [7, 11) is 2.01. The normalized spacial score (nSPS) is 19.7. The molecule has 0 bridgehead atoms. The molecular weight excluding hydrogens is 503 g/mol. The average Bonchev–Trinajstić information content (AvgIpc) is 3.27. The predicted octanol–water partition coefficient (Wildman–Crippen LogP) is 5.00. The highest BCUT2D eigenvalue weighted by molar-refractivity contribution is 7.13. The molecule has 1 saturated heterocycles. The maximum Gasteiger partial charge on any atom is 0.258 e. The van der Waals surface area contributed by atoms with Crippen LogP contribution in [0.25, 0.3) is 10.4 Å². The van der Waals surface area contributed by atoms with E-state index < -0.39 is 29.1 Å². The number of carbonyl (C=O) groups excluding carboxylic acids is 3. The number of rotatable bonds is 8. The first-order valence-electron chi connectivity index (χ1n) is 13.4. The van der Waals surface area contributed by atoms with Crippen LogP contribution in [0, 0.1) is 12.3 Å². The van der Waals surface area contributed by atoms with Crippen LogP contribution < -0.4 is 10.6 Å². The van der Waals surface area contributed by atoms with E-state index in [4.69, 9.17) is 0 Å². The molecule has 4 rings (SSSR count). The van der Waals surface area contributed by atoms with Gasteiger partial charge in [-0.05, 0) is 62.6 Å². The molecule has 0 radical (unpaired) electrons. The third-order valence-electron chi connectivity index (χ3n) is 7.30. The van der Waals surface area contributed by atoms with Crippen LogP contribution in [0.5, 0.6) is 0 Å². The number of aldehydes is 1. The minimum atomic E-state index is -1.81. The van der Waals surface area contributed by atoms with Gasteiger partial charge in [0.1, 0.15) is 12.3 Å². The summed E-state index contributed by atoms with van der Waals surface area (Å²) in [4.78, 5) is 42.7. The first kappa shape index (κ1) is 29.9. The second-order valence-corrected chi connectivity index (χ2v) is 12.1. The number of thiazole rings is 1. The summed E-state index contributed by atoms with van der Waals surface area (Å²) in [6, 6.07) is 7.99. The van der Waals surface area contributed by atoms with Crippen LogP contribution in [-0.4, -0.2) is 59.3 Å². The molecule has 1 aromatic carbocycles. The Morgan fingerprint density at radius 1 is 1.26 bits per heavy atom. The molecule has 3 unspecified atom stereocenters. The van der Waals surface area contributed by atoms with Gasteiger partial charge in [-0.3, -0.25) is 9.59 Å². The minimum absolute atomic E-state index is 0.213. The van der Waals surface area contributed by atoms with Gasteiger partial charge in [0.2, 0.25) is 5.91 Å². The van der Waals surface area contributed by atoms with Crippen molar-refractivity contribution in [1.29, 1.82) is 0 Å². The summed E-state index contributed by atoms with van der Waals surface area (Å²) < 4.78 is 13.8. The highest BCUT2D eigenvalue weighted by Crippen LogP contribution is 2.40. The van der Waals surface area contributed by atoms with Gasteiger partial charge in [0, 0.05) is 12.6 Å². The van der Waals surface area contributed by atoms with Gasteiger partial charge in [0.15, 0.2) is 5.67 Å². The van der Waals surface area contributed by atoms with Gasteiger partial charge in [-0.1, -0.05) is 52.0 Å². The maximum absolute atomic E-state index is 13.8. The van der Waals surface area contributed by atoms with Crippen LogP contribution in [0.4, 0.5) is 4.39 Å². The summed E-state index contributed by atoms with van der Waals surface area (Å²) >= 11 is 1.70. The molecule has 2 aromatic rings. The zero-order chi connectivity index (χ0) is 28.1. The molecule has 38 heavy (non-hydrogen) atoms. The van der Waals surface area contributed by atoms with Crippen LogP contribution in [0.1, 0.15) is 77.1 Å². The van der Waals surface area contributed by atoms with Crippen molar-refractivity contribution in [2.24, 2.45) is 5.41 Å². The number of hydrogen-bond acceptors (Lipinski definition) is 6. The van der Waals surface area contributed by atoms with Crippen LogP contribution in [0.2, 0.25) is 0 Å². The van der Waals surface area contributed by atoms with E-state index in [-0.39, 0.29) is 18.7 Å². The monoisotopic (exact) mass is 544 g/mol. The van der Waals surface area contributed by atoms with Crippen LogP contribution >= 0.6 is 11.3 Å². The summed E-state index contributed by atoms with van der Waals surface area (Å²) in [6.07, 6.45) is 3.72.